The van der Waals surface area contributed by atoms with Crippen molar-refractivity contribution in [1.29, 1.82) is 0 Å². The molecule has 3 aliphatic heterocycles. The average molecular weight is 318 g/mol. The lowest BCUT2D eigenvalue weighted by Gasteiger charge is -2.26. The second-order valence-electron chi connectivity index (χ2n) is 6.83. The Morgan fingerprint density at radius 3 is 2.77 bits per heavy atom. The molecule has 0 aliphatic carbocycles. The molecular weight excluding hydrogens is 296 g/mol. The zero-order chi connectivity index (χ0) is 15.1. The second kappa shape index (κ2) is 5.80. The van der Waals surface area contributed by atoms with E-state index < -0.39 is 10.8 Å². The van der Waals surface area contributed by atoms with E-state index in [1.54, 1.807) is 0 Å². The molecule has 4 heteroatoms. The Morgan fingerprint density at radius 1 is 1.23 bits per heavy atom. The van der Waals surface area contributed by atoms with Gasteiger partial charge in [0.05, 0.1) is 6.61 Å². The van der Waals surface area contributed by atoms with Crippen molar-refractivity contribution >= 4 is 16.6 Å². The molecule has 0 spiro atoms. The van der Waals surface area contributed by atoms with Crippen LogP contribution in [-0.2, 0) is 28.4 Å². The first-order valence-electron chi connectivity index (χ1n) is 8.37. The van der Waals surface area contributed by atoms with Gasteiger partial charge in [-0.1, -0.05) is 12.1 Å². The van der Waals surface area contributed by atoms with E-state index in [-0.39, 0.29) is 5.92 Å². The first-order chi connectivity index (χ1) is 10.7. The number of aryl methyl sites for hydroxylation is 1. The predicted molar refractivity (Wildman–Crippen MR) is 86.6 cm³/mol. The maximum Gasteiger partial charge on any atom is 0.136 e. The Hall–Kier alpha value is -1.16. The zero-order valence-electron chi connectivity index (χ0n) is 12.8. The maximum atomic E-state index is 12.5. The summed E-state index contributed by atoms with van der Waals surface area (Å²) in [4.78, 5) is 12.5. The minimum atomic E-state index is -0.662. The molecular formula is C18H22O3S. The first-order valence-corrected chi connectivity index (χ1v) is 9.65. The normalized spacial score (nSPS) is 32.5. The van der Waals surface area contributed by atoms with Gasteiger partial charge in [0.1, 0.15) is 11.5 Å². The van der Waals surface area contributed by atoms with Crippen LogP contribution in [0.1, 0.15) is 43.2 Å². The van der Waals surface area contributed by atoms with Crippen LogP contribution in [0, 0.1) is 5.92 Å². The van der Waals surface area contributed by atoms with Crippen molar-refractivity contribution in [2.45, 2.75) is 55.4 Å². The standard InChI is InChI=1S/C18H22O3S/c19-17(14-10-15-3-4-16(11-14)22(15)20)5-1-12-2-6-18-13(9-12)7-8-21-18/h2,6,9,14-16H,1,3-5,7-8,10-11H2. The van der Waals surface area contributed by atoms with Crippen molar-refractivity contribution in [3.63, 3.8) is 0 Å². The molecule has 2 unspecified atom stereocenters. The molecule has 2 bridgehead atoms. The summed E-state index contributed by atoms with van der Waals surface area (Å²) >= 11 is 0. The zero-order valence-corrected chi connectivity index (χ0v) is 13.6. The smallest absolute Gasteiger partial charge is 0.136 e. The van der Waals surface area contributed by atoms with E-state index in [4.69, 9.17) is 4.74 Å². The van der Waals surface area contributed by atoms with Gasteiger partial charge >= 0.3 is 0 Å². The van der Waals surface area contributed by atoms with Gasteiger partial charge in [-0.2, -0.15) is 0 Å². The Morgan fingerprint density at radius 2 is 2.00 bits per heavy atom. The van der Waals surface area contributed by atoms with Crippen molar-refractivity contribution in [1.82, 2.24) is 0 Å². The van der Waals surface area contributed by atoms with Crippen molar-refractivity contribution in [2.75, 3.05) is 6.61 Å². The molecule has 0 aromatic heterocycles. The molecule has 3 heterocycles. The fourth-order valence-electron chi connectivity index (χ4n) is 4.16. The Kier molecular flexibility index (Phi) is 3.81. The third-order valence-corrected chi connectivity index (χ3v) is 7.60. The topological polar surface area (TPSA) is 43.4 Å². The summed E-state index contributed by atoms with van der Waals surface area (Å²) < 4.78 is 17.6. The van der Waals surface area contributed by atoms with Gasteiger partial charge in [0.25, 0.3) is 0 Å². The quantitative estimate of drug-likeness (QED) is 0.857. The molecule has 2 fully saturated rings. The number of carbonyl (C=O) groups is 1. The monoisotopic (exact) mass is 318 g/mol. The summed E-state index contributed by atoms with van der Waals surface area (Å²) in [5, 5.41) is 0.592. The lowest BCUT2D eigenvalue weighted by Crippen LogP contribution is -2.32. The van der Waals surface area contributed by atoms with Gasteiger partial charge in [-0.15, -0.1) is 0 Å². The highest BCUT2D eigenvalue weighted by Gasteiger charge is 2.42. The number of ether oxygens (including phenoxy) is 1. The van der Waals surface area contributed by atoms with Gasteiger partial charge in [-0.25, -0.2) is 0 Å². The Labute approximate surface area is 133 Å². The SMILES string of the molecule is O=C(CCc1ccc2c(c1)CCO2)C1CC2CCC(C1)S2=O. The van der Waals surface area contributed by atoms with E-state index in [0.717, 1.165) is 50.9 Å². The van der Waals surface area contributed by atoms with Crippen LogP contribution in [0.15, 0.2) is 18.2 Å². The van der Waals surface area contributed by atoms with Crippen LogP contribution in [0.2, 0.25) is 0 Å². The number of hydrogen-bond acceptors (Lipinski definition) is 3. The summed E-state index contributed by atoms with van der Waals surface area (Å²) in [6, 6.07) is 6.30. The van der Waals surface area contributed by atoms with E-state index in [1.165, 1.54) is 11.1 Å². The van der Waals surface area contributed by atoms with Crippen molar-refractivity contribution in [2.24, 2.45) is 5.92 Å². The minimum Gasteiger partial charge on any atom is -0.493 e. The van der Waals surface area contributed by atoms with E-state index >= 15 is 0 Å². The minimum absolute atomic E-state index is 0.160. The van der Waals surface area contributed by atoms with Gasteiger partial charge < -0.3 is 4.74 Å². The number of rotatable bonds is 4. The van der Waals surface area contributed by atoms with E-state index in [1.807, 2.05) is 6.07 Å². The first kappa shape index (κ1) is 14.4. The summed E-state index contributed by atoms with van der Waals surface area (Å²) in [5.74, 6) is 1.54. The summed E-state index contributed by atoms with van der Waals surface area (Å²) in [6.45, 7) is 0.777. The number of Topliss-reactive ketones (excluding diaryl/α,β-unsaturated/α-hetero) is 1. The summed E-state index contributed by atoms with van der Waals surface area (Å²) in [6.07, 6.45) is 6.27. The van der Waals surface area contributed by atoms with Crippen molar-refractivity contribution < 1.29 is 13.7 Å². The van der Waals surface area contributed by atoms with Gasteiger partial charge in [0.15, 0.2) is 0 Å². The third kappa shape index (κ3) is 2.62. The molecule has 2 saturated heterocycles. The maximum absolute atomic E-state index is 12.5. The van der Waals surface area contributed by atoms with Gasteiger partial charge in [-0.3, -0.25) is 9.00 Å². The molecule has 2 atom stereocenters. The predicted octanol–water partition coefficient (Wildman–Crippen LogP) is 2.81. The van der Waals surface area contributed by atoms with E-state index in [0.29, 0.717) is 22.7 Å². The van der Waals surface area contributed by atoms with Gasteiger partial charge in [0.2, 0.25) is 0 Å². The van der Waals surface area contributed by atoms with Crippen molar-refractivity contribution in [3.8, 4) is 5.75 Å². The van der Waals surface area contributed by atoms with Gasteiger partial charge in [0, 0.05) is 40.1 Å². The highest BCUT2D eigenvalue weighted by Crippen LogP contribution is 2.39. The molecule has 0 amide bonds. The lowest BCUT2D eigenvalue weighted by atomic mass is 9.91. The molecule has 0 radical (unpaired) electrons. The molecule has 0 saturated carbocycles. The molecule has 4 rings (SSSR count). The molecule has 118 valence electrons. The number of hydrogen-bond donors (Lipinski definition) is 0. The van der Waals surface area contributed by atoms with Crippen LogP contribution in [0.5, 0.6) is 5.75 Å². The second-order valence-corrected chi connectivity index (χ2v) is 8.82. The van der Waals surface area contributed by atoms with Crippen LogP contribution in [0.3, 0.4) is 0 Å². The third-order valence-electron chi connectivity index (χ3n) is 5.43. The summed E-state index contributed by atoms with van der Waals surface area (Å²) in [5.41, 5.74) is 2.51. The van der Waals surface area contributed by atoms with E-state index in [2.05, 4.69) is 12.1 Å². The Bertz CT molecular complexity index is 609. The largest absolute Gasteiger partial charge is 0.493 e. The number of benzene rings is 1. The lowest BCUT2D eigenvalue weighted by molar-refractivity contribution is -0.123. The van der Waals surface area contributed by atoms with Crippen LogP contribution < -0.4 is 4.74 Å². The molecule has 1 aromatic carbocycles. The highest BCUT2D eigenvalue weighted by atomic mass is 32.2. The summed E-state index contributed by atoms with van der Waals surface area (Å²) in [7, 11) is -0.662. The van der Waals surface area contributed by atoms with Gasteiger partial charge in [-0.05, 0) is 49.3 Å². The molecule has 0 N–H and O–H groups in total. The number of ketones is 1. The number of carbonyl (C=O) groups excluding carboxylic acids is 1. The van der Waals surface area contributed by atoms with Crippen LogP contribution in [0.25, 0.3) is 0 Å². The molecule has 3 nitrogen and oxygen atoms in total. The van der Waals surface area contributed by atoms with Crippen LogP contribution >= 0.6 is 0 Å². The molecule has 1 aromatic rings. The molecule has 3 aliphatic rings. The van der Waals surface area contributed by atoms with Crippen molar-refractivity contribution in [3.05, 3.63) is 29.3 Å². The van der Waals surface area contributed by atoms with Crippen LogP contribution in [-0.4, -0.2) is 27.1 Å². The Balaban J connectivity index is 1.36. The average Bonchev–Trinajstić information content (AvgIpc) is 3.05. The fraction of sp³-hybridized carbons (Fsp3) is 0.611. The highest BCUT2D eigenvalue weighted by molar-refractivity contribution is 7.86. The molecule has 22 heavy (non-hydrogen) atoms. The number of fused-ring (bicyclic) bond motifs is 3. The van der Waals surface area contributed by atoms with Crippen LogP contribution in [0.4, 0.5) is 0 Å². The fourth-order valence-corrected chi connectivity index (χ4v) is 6.29. The van der Waals surface area contributed by atoms with E-state index in [9.17, 15) is 9.00 Å².